The van der Waals surface area contributed by atoms with Crippen molar-refractivity contribution >= 4 is 0 Å². The normalized spacial score (nSPS) is 21.2. The van der Waals surface area contributed by atoms with E-state index in [0.717, 1.165) is 18.6 Å². The number of hydrogen-bond acceptors (Lipinski definition) is 2. The third-order valence-corrected chi connectivity index (χ3v) is 3.33. The molecule has 3 rings (SSSR count). The van der Waals surface area contributed by atoms with Gasteiger partial charge in [-0.05, 0) is 42.5 Å². The monoisotopic (exact) mass is 242 g/mol. The second-order valence-corrected chi connectivity index (χ2v) is 4.49. The predicted molar refractivity (Wildman–Crippen MR) is 70.5 cm³/mol. The predicted octanol–water partition coefficient (Wildman–Crippen LogP) is 3.31. The first-order valence-electron chi connectivity index (χ1n) is 6.27. The molecular formula is C15H16NO2-. The van der Waals surface area contributed by atoms with Gasteiger partial charge >= 0.3 is 0 Å². The van der Waals surface area contributed by atoms with E-state index in [1.165, 1.54) is 17.5 Å². The van der Waals surface area contributed by atoms with Crippen molar-refractivity contribution in [2.45, 2.75) is 25.5 Å². The van der Waals surface area contributed by atoms with Gasteiger partial charge in [0.05, 0.1) is 0 Å². The lowest BCUT2D eigenvalue weighted by Crippen LogP contribution is -2.11. The van der Waals surface area contributed by atoms with E-state index in [2.05, 4.69) is 11.4 Å². The summed E-state index contributed by atoms with van der Waals surface area (Å²) in [6, 6.07) is 6.24. The van der Waals surface area contributed by atoms with Crippen LogP contribution in [-0.4, -0.2) is 13.3 Å². The van der Waals surface area contributed by atoms with E-state index in [4.69, 9.17) is 9.47 Å². The highest BCUT2D eigenvalue weighted by atomic mass is 16.5. The van der Waals surface area contributed by atoms with Gasteiger partial charge in [-0.3, -0.25) is 0 Å². The van der Waals surface area contributed by atoms with Gasteiger partial charge in [0, 0.05) is 19.2 Å². The third-order valence-electron chi connectivity index (χ3n) is 3.33. The molecule has 0 N–H and O–H groups in total. The van der Waals surface area contributed by atoms with E-state index in [0.29, 0.717) is 5.88 Å². The van der Waals surface area contributed by atoms with Gasteiger partial charge in [-0.15, -0.1) is 0 Å². The molecule has 3 heteroatoms. The van der Waals surface area contributed by atoms with Crippen molar-refractivity contribution in [2.75, 3.05) is 7.11 Å². The van der Waals surface area contributed by atoms with E-state index in [9.17, 15) is 0 Å². The van der Waals surface area contributed by atoms with Crippen LogP contribution in [0.4, 0.5) is 0 Å². The van der Waals surface area contributed by atoms with Crippen LogP contribution < -0.4 is 4.74 Å². The van der Waals surface area contributed by atoms with Crippen LogP contribution >= 0.6 is 0 Å². The molecule has 0 aromatic heterocycles. The van der Waals surface area contributed by atoms with Crippen molar-refractivity contribution in [3.05, 3.63) is 58.8 Å². The molecule has 1 aromatic rings. The first-order valence-corrected chi connectivity index (χ1v) is 6.27. The van der Waals surface area contributed by atoms with Crippen molar-refractivity contribution in [2.24, 2.45) is 0 Å². The fraction of sp³-hybridized carbons (Fsp3) is 0.333. The third kappa shape index (κ3) is 2.14. The average molecular weight is 242 g/mol. The zero-order valence-corrected chi connectivity index (χ0v) is 10.4. The standard InChI is InChI=1S/C15H16NO2/c1-17-14-9-4-10-15(16-14)18-13-8-3-6-11-5-2-7-12(11)13/h3-4,6,8-10,14H,2,5,7H2,1H3/q-1. The first-order chi connectivity index (χ1) is 8.86. The Balaban J connectivity index is 1.80. The quantitative estimate of drug-likeness (QED) is 0.814. The van der Waals surface area contributed by atoms with Gasteiger partial charge in [-0.2, -0.15) is 0 Å². The molecule has 1 atom stereocenters. The molecule has 0 radical (unpaired) electrons. The number of fused-ring (bicyclic) bond motifs is 1. The SMILES string of the molecule is COC1C=CC=C(Oc2cccc3c2CCC3)[N-]1. The van der Waals surface area contributed by atoms with E-state index in [-0.39, 0.29) is 6.23 Å². The molecule has 2 aliphatic rings. The van der Waals surface area contributed by atoms with Crippen LogP contribution in [0.1, 0.15) is 17.5 Å². The number of allylic oxidation sites excluding steroid dienone is 2. The highest BCUT2D eigenvalue weighted by Gasteiger charge is 2.15. The molecule has 3 nitrogen and oxygen atoms in total. The molecule has 1 aromatic carbocycles. The van der Waals surface area contributed by atoms with Crippen LogP contribution in [0.15, 0.2) is 42.3 Å². The molecule has 0 saturated heterocycles. The van der Waals surface area contributed by atoms with Gasteiger partial charge in [-0.25, -0.2) is 0 Å². The van der Waals surface area contributed by atoms with E-state index >= 15 is 0 Å². The molecule has 0 bridgehead atoms. The van der Waals surface area contributed by atoms with Gasteiger partial charge in [0.25, 0.3) is 0 Å². The summed E-state index contributed by atoms with van der Waals surface area (Å²) >= 11 is 0. The minimum Gasteiger partial charge on any atom is -0.626 e. The van der Waals surface area contributed by atoms with E-state index in [1.807, 2.05) is 30.4 Å². The Hall–Kier alpha value is -1.74. The summed E-state index contributed by atoms with van der Waals surface area (Å²) in [5.74, 6) is 1.55. The van der Waals surface area contributed by atoms with Crippen LogP contribution in [0.5, 0.6) is 5.75 Å². The maximum Gasteiger partial charge on any atom is 0.128 e. The minimum atomic E-state index is -0.234. The van der Waals surface area contributed by atoms with Crippen LogP contribution in [0.2, 0.25) is 0 Å². The van der Waals surface area contributed by atoms with Crippen LogP contribution in [0.3, 0.4) is 0 Å². The summed E-state index contributed by atoms with van der Waals surface area (Å²) in [7, 11) is 1.64. The zero-order valence-electron chi connectivity index (χ0n) is 10.4. The van der Waals surface area contributed by atoms with Crippen LogP contribution in [-0.2, 0) is 17.6 Å². The van der Waals surface area contributed by atoms with Gasteiger partial charge in [0.1, 0.15) is 5.75 Å². The summed E-state index contributed by atoms with van der Waals surface area (Å²) in [4.78, 5) is 0. The average Bonchev–Trinajstić information content (AvgIpc) is 2.88. The van der Waals surface area contributed by atoms with Gasteiger partial charge < -0.3 is 14.8 Å². The molecule has 0 amide bonds. The Bertz CT molecular complexity index is 505. The van der Waals surface area contributed by atoms with Crippen LogP contribution in [0.25, 0.3) is 5.32 Å². The summed E-state index contributed by atoms with van der Waals surface area (Å²) in [6.07, 6.45) is 8.91. The van der Waals surface area contributed by atoms with Gasteiger partial charge in [0.15, 0.2) is 0 Å². The van der Waals surface area contributed by atoms with E-state index < -0.39 is 0 Å². The van der Waals surface area contributed by atoms with Crippen molar-refractivity contribution < 1.29 is 9.47 Å². The van der Waals surface area contributed by atoms with Crippen molar-refractivity contribution in [1.82, 2.24) is 0 Å². The molecule has 1 unspecified atom stereocenters. The maximum absolute atomic E-state index is 5.89. The van der Waals surface area contributed by atoms with Crippen molar-refractivity contribution in [1.29, 1.82) is 0 Å². The molecule has 1 aliphatic carbocycles. The van der Waals surface area contributed by atoms with Crippen molar-refractivity contribution in [3.63, 3.8) is 0 Å². The first kappa shape index (κ1) is 11.4. The zero-order chi connectivity index (χ0) is 12.4. The fourth-order valence-electron chi connectivity index (χ4n) is 2.43. The summed E-state index contributed by atoms with van der Waals surface area (Å²) < 4.78 is 11.1. The fourth-order valence-corrected chi connectivity index (χ4v) is 2.43. The molecule has 0 spiro atoms. The summed E-state index contributed by atoms with van der Waals surface area (Å²) in [5, 5.41) is 4.35. The molecule has 1 heterocycles. The van der Waals surface area contributed by atoms with Crippen LogP contribution in [0, 0.1) is 0 Å². The van der Waals surface area contributed by atoms with E-state index in [1.54, 1.807) is 7.11 Å². The summed E-state index contributed by atoms with van der Waals surface area (Å²) in [6.45, 7) is 0. The lowest BCUT2D eigenvalue weighted by Gasteiger charge is -2.33. The number of aryl methyl sites for hydroxylation is 1. The molecule has 1 aliphatic heterocycles. The summed E-state index contributed by atoms with van der Waals surface area (Å²) in [5.41, 5.74) is 2.74. The maximum atomic E-state index is 5.89. The Morgan fingerprint density at radius 1 is 1.28 bits per heavy atom. The van der Waals surface area contributed by atoms with Crippen molar-refractivity contribution in [3.8, 4) is 5.75 Å². The molecule has 94 valence electrons. The van der Waals surface area contributed by atoms with Gasteiger partial charge in [0.2, 0.25) is 0 Å². The van der Waals surface area contributed by atoms with Gasteiger partial charge in [-0.1, -0.05) is 24.3 Å². The number of methoxy groups -OCH3 is 1. The number of hydrogen-bond donors (Lipinski definition) is 0. The highest BCUT2D eigenvalue weighted by Crippen LogP contribution is 2.33. The lowest BCUT2D eigenvalue weighted by molar-refractivity contribution is 0.164. The number of benzene rings is 1. The second kappa shape index (κ2) is 4.86. The largest absolute Gasteiger partial charge is 0.626 e. The Morgan fingerprint density at radius 2 is 2.22 bits per heavy atom. The smallest absolute Gasteiger partial charge is 0.128 e. The lowest BCUT2D eigenvalue weighted by atomic mass is 10.1. The number of rotatable bonds is 3. The minimum absolute atomic E-state index is 0.234. The number of ether oxygens (including phenoxy) is 2. The highest BCUT2D eigenvalue weighted by molar-refractivity contribution is 5.45. The Labute approximate surface area is 107 Å². The molecule has 0 fully saturated rings. The molecular weight excluding hydrogens is 226 g/mol. The number of nitrogens with zero attached hydrogens (tertiary/aromatic N) is 1. The molecule has 18 heavy (non-hydrogen) atoms. The topological polar surface area (TPSA) is 32.6 Å². The Kier molecular flexibility index (Phi) is 3.07. The molecule has 0 saturated carbocycles. The Morgan fingerprint density at radius 3 is 3.11 bits per heavy atom. The second-order valence-electron chi connectivity index (χ2n) is 4.49.